The van der Waals surface area contributed by atoms with Crippen LogP contribution in [0.3, 0.4) is 0 Å². The van der Waals surface area contributed by atoms with Gasteiger partial charge in [0.05, 0.1) is 5.69 Å². The number of aromatic nitrogens is 3. The summed E-state index contributed by atoms with van der Waals surface area (Å²) in [6, 6.07) is 7.20. The molecule has 1 amide bonds. The summed E-state index contributed by atoms with van der Waals surface area (Å²) in [6.07, 6.45) is 1.45. The van der Waals surface area contributed by atoms with E-state index in [0.29, 0.717) is 27.9 Å². The molecule has 3 aromatic rings. The summed E-state index contributed by atoms with van der Waals surface area (Å²) in [5, 5.41) is 5.30. The number of thiazole rings is 1. The van der Waals surface area contributed by atoms with Crippen molar-refractivity contribution < 1.29 is 9.18 Å². The largest absolute Gasteiger partial charge is 0.373 e. The lowest BCUT2D eigenvalue weighted by molar-refractivity contribution is 0.0993. The third-order valence-corrected chi connectivity index (χ3v) is 4.28. The lowest BCUT2D eigenvalue weighted by atomic mass is 10.2. The highest BCUT2D eigenvalue weighted by atomic mass is 32.1. The summed E-state index contributed by atoms with van der Waals surface area (Å²) in [5.41, 5.74) is 1.72. The van der Waals surface area contributed by atoms with Gasteiger partial charge in [0.1, 0.15) is 23.7 Å². The second-order valence-electron chi connectivity index (χ2n) is 4.92. The molecule has 2 heterocycles. The Morgan fingerprint density at radius 2 is 1.96 bits per heavy atom. The highest BCUT2D eigenvalue weighted by Gasteiger charge is 2.17. The van der Waals surface area contributed by atoms with Crippen molar-refractivity contribution >= 4 is 28.2 Å². The Kier molecular flexibility index (Phi) is 4.48. The van der Waals surface area contributed by atoms with E-state index < -0.39 is 0 Å². The van der Waals surface area contributed by atoms with E-state index in [1.54, 1.807) is 20.2 Å². The number of hydrogen-bond acceptors (Lipinski definition) is 6. The van der Waals surface area contributed by atoms with Crippen molar-refractivity contribution in [3.63, 3.8) is 0 Å². The van der Waals surface area contributed by atoms with Crippen molar-refractivity contribution in [2.45, 2.75) is 0 Å². The molecule has 0 unspecified atom stereocenters. The zero-order chi connectivity index (χ0) is 17.1. The van der Waals surface area contributed by atoms with Crippen LogP contribution >= 0.6 is 11.3 Å². The third-order valence-electron chi connectivity index (χ3n) is 3.36. The molecule has 0 saturated carbocycles. The summed E-state index contributed by atoms with van der Waals surface area (Å²) in [5.74, 6) is 0.0506. The summed E-state index contributed by atoms with van der Waals surface area (Å²) in [6.45, 7) is 0. The Bertz CT molecular complexity index is 865. The van der Waals surface area contributed by atoms with Crippen LogP contribution in [-0.2, 0) is 0 Å². The van der Waals surface area contributed by atoms with Gasteiger partial charge >= 0.3 is 0 Å². The third kappa shape index (κ3) is 3.23. The zero-order valence-corrected chi connectivity index (χ0v) is 13.8. The van der Waals surface area contributed by atoms with Crippen LogP contribution in [0.25, 0.3) is 11.4 Å². The maximum absolute atomic E-state index is 13.0. The van der Waals surface area contributed by atoms with Crippen LogP contribution < -0.4 is 10.2 Å². The first-order valence-electron chi connectivity index (χ1n) is 7.08. The number of amides is 1. The van der Waals surface area contributed by atoms with Crippen LogP contribution in [0.1, 0.15) is 10.4 Å². The normalized spacial score (nSPS) is 10.5. The Hall–Kier alpha value is -2.87. The van der Waals surface area contributed by atoms with Gasteiger partial charge in [-0.25, -0.2) is 19.3 Å². The van der Waals surface area contributed by atoms with Gasteiger partial charge < -0.3 is 5.32 Å². The first kappa shape index (κ1) is 16.0. The van der Waals surface area contributed by atoms with Crippen LogP contribution in [0.4, 0.5) is 15.3 Å². The van der Waals surface area contributed by atoms with Crippen molar-refractivity contribution in [3.8, 4) is 11.4 Å². The molecule has 1 N–H and O–H groups in total. The number of carbonyl (C=O) groups excluding carboxylic acids is 1. The fourth-order valence-electron chi connectivity index (χ4n) is 2.04. The van der Waals surface area contributed by atoms with Crippen LogP contribution in [0, 0.1) is 5.82 Å². The molecule has 6 nitrogen and oxygen atoms in total. The number of anilines is 2. The summed E-state index contributed by atoms with van der Waals surface area (Å²) in [4.78, 5) is 26.6. The minimum Gasteiger partial charge on any atom is -0.373 e. The number of hydrogen-bond donors (Lipinski definition) is 1. The van der Waals surface area contributed by atoms with E-state index in [0.717, 1.165) is 0 Å². The summed E-state index contributed by atoms with van der Waals surface area (Å²) < 4.78 is 13.0. The molecule has 1 aromatic carbocycles. The molecule has 0 bridgehead atoms. The number of halogens is 1. The molecule has 0 aliphatic heterocycles. The van der Waals surface area contributed by atoms with Crippen LogP contribution in [0.15, 0.2) is 42.0 Å². The number of nitrogens with one attached hydrogen (secondary N) is 1. The quantitative estimate of drug-likeness (QED) is 0.789. The van der Waals surface area contributed by atoms with Crippen LogP contribution in [0.5, 0.6) is 0 Å². The van der Waals surface area contributed by atoms with Gasteiger partial charge in [0, 0.05) is 31.1 Å². The fourth-order valence-corrected chi connectivity index (χ4v) is 2.83. The first-order chi connectivity index (χ1) is 11.6. The van der Waals surface area contributed by atoms with Crippen molar-refractivity contribution in [1.29, 1.82) is 0 Å². The lowest BCUT2D eigenvalue weighted by Crippen LogP contribution is -2.26. The maximum atomic E-state index is 13.0. The number of benzene rings is 1. The summed E-state index contributed by atoms with van der Waals surface area (Å²) in [7, 11) is 3.40. The molecule has 0 aliphatic rings. The Labute approximate surface area is 142 Å². The lowest BCUT2D eigenvalue weighted by Gasteiger charge is -2.13. The minimum atomic E-state index is -0.380. The zero-order valence-electron chi connectivity index (χ0n) is 13.0. The molecule has 0 saturated heterocycles. The number of carbonyl (C=O) groups is 1. The topological polar surface area (TPSA) is 71.0 Å². The number of nitrogens with zero attached hydrogens (tertiary/aromatic N) is 4. The predicted molar refractivity (Wildman–Crippen MR) is 91.8 cm³/mol. The molecule has 0 atom stereocenters. The van der Waals surface area contributed by atoms with Crippen LogP contribution in [0.2, 0.25) is 0 Å². The van der Waals surface area contributed by atoms with Gasteiger partial charge in [0.15, 0.2) is 5.13 Å². The molecular formula is C16H14FN5OS. The maximum Gasteiger partial charge on any atom is 0.259 e. The average Bonchev–Trinajstić information content (AvgIpc) is 3.11. The SMILES string of the molecule is CNc1cc(-c2csc(N(C)C(=O)c3ccc([18F])cc3)n2)ncn1. The van der Waals surface area contributed by atoms with E-state index in [4.69, 9.17) is 0 Å². The molecule has 24 heavy (non-hydrogen) atoms. The van der Waals surface area contributed by atoms with E-state index >= 15 is 0 Å². The fraction of sp³-hybridized carbons (Fsp3) is 0.125. The Morgan fingerprint density at radius 3 is 2.67 bits per heavy atom. The van der Waals surface area contributed by atoms with Crippen molar-refractivity contribution in [2.75, 3.05) is 24.3 Å². The predicted octanol–water partition coefficient (Wildman–Crippen LogP) is 3.06. The molecule has 8 heteroatoms. The smallest absolute Gasteiger partial charge is 0.259 e. The van der Waals surface area contributed by atoms with Crippen molar-refractivity contribution in [1.82, 2.24) is 15.0 Å². The molecular weight excluding hydrogens is 328 g/mol. The number of rotatable bonds is 4. The first-order valence-corrected chi connectivity index (χ1v) is 7.96. The van der Waals surface area contributed by atoms with E-state index in [9.17, 15) is 9.18 Å². The molecule has 122 valence electrons. The average molecular weight is 342 g/mol. The highest BCUT2D eigenvalue weighted by Crippen LogP contribution is 2.27. The van der Waals surface area contributed by atoms with Gasteiger partial charge in [-0.3, -0.25) is 9.69 Å². The van der Waals surface area contributed by atoms with E-state index in [2.05, 4.69) is 20.3 Å². The second-order valence-corrected chi connectivity index (χ2v) is 5.76. The minimum absolute atomic E-state index is 0.255. The van der Waals surface area contributed by atoms with E-state index in [1.165, 1.54) is 46.8 Å². The highest BCUT2D eigenvalue weighted by molar-refractivity contribution is 7.14. The summed E-state index contributed by atoms with van der Waals surface area (Å²) >= 11 is 1.33. The van der Waals surface area contributed by atoms with E-state index in [-0.39, 0.29) is 11.7 Å². The molecule has 0 spiro atoms. The molecule has 2 aromatic heterocycles. The molecule has 3 rings (SSSR count). The molecule has 0 aliphatic carbocycles. The van der Waals surface area contributed by atoms with Gasteiger partial charge in [-0.15, -0.1) is 11.3 Å². The van der Waals surface area contributed by atoms with Crippen molar-refractivity contribution in [2.24, 2.45) is 0 Å². The van der Waals surface area contributed by atoms with E-state index in [1.807, 2.05) is 5.38 Å². The van der Waals surface area contributed by atoms with Gasteiger partial charge in [0.25, 0.3) is 5.91 Å². The second kappa shape index (κ2) is 6.71. The van der Waals surface area contributed by atoms with Crippen molar-refractivity contribution in [3.05, 3.63) is 53.4 Å². The van der Waals surface area contributed by atoms with Gasteiger partial charge in [-0.05, 0) is 24.3 Å². The molecule has 0 fully saturated rings. The van der Waals surface area contributed by atoms with Gasteiger partial charge in [-0.1, -0.05) is 0 Å². The Morgan fingerprint density at radius 1 is 1.21 bits per heavy atom. The van der Waals surface area contributed by atoms with Crippen LogP contribution in [-0.4, -0.2) is 35.0 Å². The Balaban J connectivity index is 1.84. The van der Waals surface area contributed by atoms with Gasteiger partial charge in [0.2, 0.25) is 0 Å². The monoisotopic (exact) mass is 342 g/mol. The van der Waals surface area contributed by atoms with Gasteiger partial charge in [-0.2, -0.15) is 0 Å². The molecule has 0 radical (unpaired) electrons. The standard InChI is InChI=1S/C16H14FN5OS/c1-18-14-7-12(19-9-20-14)13-8-24-16(21-13)22(2)15(23)10-3-5-11(17)6-4-10/h3-9H,1-2H3,(H,18,19,20)/i17-1.